The Hall–Kier alpha value is -1.66. The van der Waals surface area contributed by atoms with E-state index in [1.165, 1.54) is 24.7 Å². The normalized spacial score (nSPS) is 13.6. The van der Waals surface area contributed by atoms with Crippen molar-refractivity contribution < 1.29 is 22.0 Å². The van der Waals surface area contributed by atoms with Gasteiger partial charge >= 0.3 is 6.18 Å². The van der Waals surface area contributed by atoms with E-state index in [0.717, 1.165) is 0 Å². The minimum absolute atomic E-state index is 0. The highest BCUT2D eigenvalue weighted by Crippen LogP contribution is 2.43. The summed E-state index contributed by atoms with van der Waals surface area (Å²) in [7, 11) is 0. The van der Waals surface area contributed by atoms with Crippen molar-refractivity contribution in [2.24, 2.45) is 5.73 Å². The van der Waals surface area contributed by atoms with Gasteiger partial charge in [0.2, 0.25) is 0 Å². The van der Waals surface area contributed by atoms with Crippen molar-refractivity contribution in [2.45, 2.75) is 25.6 Å². The topological polar surface area (TPSA) is 52.3 Å². The zero-order valence-electron chi connectivity index (χ0n) is 11.0. The molecule has 1 aromatic carbocycles. The third-order valence-electron chi connectivity index (χ3n) is 3.24. The molecule has 21 heavy (non-hydrogen) atoms. The molecule has 0 amide bonds. The van der Waals surface area contributed by atoms with Gasteiger partial charge in [0, 0.05) is 22.4 Å². The van der Waals surface area contributed by atoms with Crippen molar-refractivity contribution >= 4 is 34.3 Å². The smallest absolute Gasteiger partial charge is 0.420 e. The summed E-state index contributed by atoms with van der Waals surface area (Å²) in [5.74, 6) is 0. The fourth-order valence-corrected chi connectivity index (χ4v) is 2.53. The standard InChI is InChI=1S/C14H12F3NO2.ClH/c1-7(18)6-10-8-2-4-20-13(8)11(14(15,16)17)9-3-5-19-12(9)10;/h2-5,7H,6,18H2,1H3;1H/t7-;/m0./s1. The molecule has 114 valence electrons. The highest BCUT2D eigenvalue weighted by molar-refractivity contribution is 6.01. The lowest BCUT2D eigenvalue weighted by molar-refractivity contribution is -0.135. The SMILES string of the molecule is C[C@H](N)Cc1c2ccoc2c(C(F)(F)F)c2ccoc12.Cl. The van der Waals surface area contributed by atoms with Crippen LogP contribution in [0.3, 0.4) is 0 Å². The van der Waals surface area contributed by atoms with Gasteiger partial charge in [-0.15, -0.1) is 12.4 Å². The van der Waals surface area contributed by atoms with Gasteiger partial charge in [0.15, 0.2) is 0 Å². The zero-order chi connectivity index (χ0) is 14.5. The van der Waals surface area contributed by atoms with Crippen LogP contribution in [-0.4, -0.2) is 6.04 Å². The summed E-state index contributed by atoms with van der Waals surface area (Å²) in [5, 5.41) is 0.410. The van der Waals surface area contributed by atoms with E-state index in [9.17, 15) is 13.2 Å². The second-order valence-electron chi connectivity index (χ2n) is 4.86. The molecule has 2 aromatic heterocycles. The van der Waals surface area contributed by atoms with E-state index in [1.54, 1.807) is 6.92 Å². The highest BCUT2D eigenvalue weighted by atomic mass is 35.5. The van der Waals surface area contributed by atoms with Crippen molar-refractivity contribution in [1.82, 2.24) is 0 Å². The Labute approximate surface area is 124 Å². The lowest BCUT2D eigenvalue weighted by Crippen LogP contribution is -2.18. The minimum atomic E-state index is -4.51. The number of hydrogen-bond donors (Lipinski definition) is 1. The molecule has 3 rings (SSSR count). The monoisotopic (exact) mass is 319 g/mol. The number of hydrogen-bond acceptors (Lipinski definition) is 3. The lowest BCUT2D eigenvalue weighted by Gasteiger charge is -2.13. The molecule has 0 fully saturated rings. The van der Waals surface area contributed by atoms with Gasteiger partial charge in [-0.25, -0.2) is 0 Å². The Morgan fingerprint density at radius 1 is 1.10 bits per heavy atom. The molecule has 0 spiro atoms. The largest absolute Gasteiger partial charge is 0.464 e. The van der Waals surface area contributed by atoms with Crippen LogP contribution in [-0.2, 0) is 12.6 Å². The molecule has 0 saturated carbocycles. The van der Waals surface area contributed by atoms with Crippen LogP contribution in [0.15, 0.2) is 33.5 Å². The van der Waals surface area contributed by atoms with Gasteiger partial charge < -0.3 is 14.6 Å². The van der Waals surface area contributed by atoms with Crippen LogP contribution in [0.25, 0.3) is 21.9 Å². The van der Waals surface area contributed by atoms with E-state index in [-0.39, 0.29) is 35.0 Å². The van der Waals surface area contributed by atoms with E-state index in [1.807, 2.05) is 0 Å². The molecule has 0 unspecified atom stereocenters. The van der Waals surface area contributed by atoms with Gasteiger partial charge in [0.05, 0.1) is 12.5 Å². The fraction of sp³-hybridized carbons (Fsp3) is 0.286. The quantitative estimate of drug-likeness (QED) is 0.756. The van der Waals surface area contributed by atoms with Crippen molar-refractivity contribution in [3.63, 3.8) is 0 Å². The van der Waals surface area contributed by atoms with E-state index >= 15 is 0 Å². The molecule has 0 radical (unpaired) electrons. The molecule has 0 aliphatic rings. The average Bonchev–Trinajstić information content (AvgIpc) is 2.93. The summed E-state index contributed by atoms with van der Waals surface area (Å²) < 4.78 is 50.2. The first-order valence-corrected chi connectivity index (χ1v) is 6.11. The van der Waals surface area contributed by atoms with Crippen LogP contribution >= 0.6 is 12.4 Å². The first-order chi connectivity index (χ1) is 9.39. The van der Waals surface area contributed by atoms with Gasteiger partial charge in [-0.3, -0.25) is 0 Å². The number of nitrogens with two attached hydrogens (primary N) is 1. The van der Waals surface area contributed by atoms with Crippen molar-refractivity contribution in [3.8, 4) is 0 Å². The van der Waals surface area contributed by atoms with E-state index in [2.05, 4.69) is 0 Å². The van der Waals surface area contributed by atoms with Gasteiger partial charge in [-0.1, -0.05) is 0 Å². The second-order valence-corrected chi connectivity index (χ2v) is 4.86. The van der Waals surface area contributed by atoms with E-state index in [0.29, 0.717) is 17.4 Å². The molecule has 3 nitrogen and oxygen atoms in total. The summed E-state index contributed by atoms with van der Waals surface area (Å²) in [6.07, 6.45) is -1.59. The summed E-state index contributed by atoms with van der Waals surface area (Å²) in [4.78, 5) is 0. The van der Waals surface area contributed by atoms with Crippen LogP contribution in [0, 0.1) is 0 Å². The Morgan fingerprint density at radius 2 is 1.67 bits per heavy atom. The molecule has 0 saturated heterocycles. The number of halogens is 4. The van der Waals surface area contributed by atoms with Gasteiger partial charge in [-0.05, 0) is 25.5 Å². The number of alkyl halides is 3. The summed E-state index contributed by atoms with van der Waals surface area (Å²) >= 11 is 0. The fourth-order valence-electron chi connectivity index (χ4n) is 2.53. The predicted molar refractivity (Wildman–Crippen MR) is 75.6 cm³/mol. The first-order valence-electron chi connectivity index (χ1n) is 6.11. The third kappa shape index (κ3) is 2.49. The second kappa shape index (κ2) is 5.27. The highest BCUT2D eigenvalue weighted by Gasteiger charge is 2.38. The summed E-state index contributed by atoms with van der Waals surface area (Å²) in [6, 6.07) is 2.63. The maximum absolute atomic E-state index is 13.3. The maximum Gasteiger partial charge on any atom is 0.420 e. The van der Waals surface area contributed by atoms with Gasteiger partial charge in [0.1, 0.15) is 16.7 Å². The minimum Gasteiger partial charge on any atom is -0.464 e. The van der Waals surface area contributed by atoms with Crippen molar-refractivity contribution in [1.29, 1.82) is 0 Å². The number of benzene rings is 1. The molecule has 3 aromatic rings. The van der Waals surface area contributed by atoms with Crippen LogP contribution in [0.1, 0.15) is 18.1 Å². The molecular weight excluding hydrogens is 307 g/mol. The van der Waals surface area contributed by atoms with Gasteiger partial charge in [-0.2, -0.15) is 13.2 Å². The molecule has 1 atom stereocenters. The Morgan fingerprint density at radius 3 is 2.24 bits per heavy atom. The number of fused-ring (bicyclic) bond motifs is 2. The maximum atomic E-state index is 13.3. The van der Waals surface area contributed by atoms with E-state index in [4.69, 9.17) is 14.6 Å². The molecule has 7 heteroatoms. The molecule has 0 aliphatic carbocycles. The number of rotatable bonds is 2. The molecule has 0 aliphatic heterocycles. The molecular formula is C14H13ClF3NO2. The lowest BCUT2D eigenvalue weighted by atomic mass is 9.97. The zero-order valence-corrected chi connectivity index (χ0v) is 11.8. The molecule has 2 heterocycles. The van der Waals surface area contributed by atoms with Crippen LogP contribution in [0.4, 0.5) is 13.2 Å². The Balaban J connectivity index is 0.00000161. The van der Waals surface area contributed by atoms with Crippen LogP contribution in [0.2, 0.25) is 0 Å². The van der Waals surface area contributed by atoms with Gasteiger partial charge in [0.25, 0.3) is 0 Å². The average molecular weight is 320 g/mol. The first kappa shape index (κ1) is 15.7. The van der Waals surface area contributed by atoms with Crippen LogP contribution in [0.5, 0.6) is 0 Å². The third-order valence-corrected chi connectivity index (χ3v) is 3.24. The van der Waals surface area contributed by atoms with Crippen molar-refractivity contribution in [3.05, 3.63) is 35.8 Å². The Bertz CT molecular complexity index is 722. The van der Waals surface area contributed by atoms with Crippen molar-refractivity contribution in [2.75, 3.05) is 0 Å². The molecule has 0 bridgehead atoms. The summed E-state index contributed by atoms with van der Waals surface area (Å²) in [6.45, 7) is 1.79. The van der Waals surface area contributed by atoms with Crippen LogP contribution < -0.4 is 5.73 Å². The van der Waals surface area contributed by atoms with E-state index < -0.39 is 11.7 Å². The Kier molecular flexibility index (Phi) is 3.95. The predicted octanol–water partition coefficient (Wildman–Crippen LogP) is 4.51. The summed E-state index contributed by atoms with van der Waals surface area (Å²) in [5.41, 5.74) is 5.69. The molecule has 2 N–H and O–H groups in total. The number of furan rings is 2.